The Hall–Kier alpha value is -0.290. The third kappa shape index (κ3) is 4.85. The molecule has 1 N–H and O–H groups in total. The first-order valence-electron chi connectivity index (χ1n) is 5.87. The Kier molecular flexibility index (Phi) is 7.00. The van der Waals surface area contributed by atoms with Gasteiger partial charge in [-0.05, 0) is 61.8 Å². The fourth-order valence-corrected chi connectivity index (χ4v) is 4.78. The van der Waals surface area contributed by atoms with E-state index in [1.165, 1.54) is 35.1 Å². The van der Waals surface area contributed by atoms with E-state index in [0.29, 0.717) is 11.4 Å². The molecule has 0 aliphatic heterocycles. The Morgan fingerprint density at radius 2 is 2.09 bits per heavy atom. The van der Waals surface area contributed by atoms with Crippen LogP contribution in [0.3, 0.4) is 0 Å². The van der Waals surface area contributed by atoms with Gasteiger partial charge in [0.1, 0.15) is 5.75 Å². The summed E-state index contributed by atoms with van der Waals surface area (Å²) < 4.78 is 11.6. The topological polar surface area (TPSA) is 64.1 Å². The molecular formula is C12H11Br2N3O2S3. The van der Waals surface area contributed by atoms with Crippen LogP contribution in [0.25, 0.3) is 0 Å². The fraction of sp³-hybridized carbons (Fsp3) is 0.250. The number of amides is 1. The second-order valence-electron chi connectivity index (χ2n) is 3.85. The number of carbonyl (C=O) groups is 1. The van der Waals surface area contributed by atoms with Gasteiger partial charge in [-0.2, -0.15) is 4.37 Å². The van der Waals surface area contributed by atoms with Crippen LogP contribution in [0.5, 0.6) is 5.75 Å². The van der Waals surface area contributed by atoms with E-state index in [-0.39, 0.29) is 11.7 Å². The lowest BCUT2D eigenvalue weighted by Gasteiger charge is -2.11. The SMILES string of the molecule is COc1cc(Br)c(NC(=O)CSc2nc(SC)ns2)c(Br)c1. The number of thioether (sulfide) groups is 2. The summed E-state index contributed by atoms with van der Waals surface area (Å²) in [4.78, 5) is 16.4. The molecule has 1 aromatic heterocycles. The molecule has 118 valence electrons. The molecule has 0 fully saturated rings. The molecule has 0 bridgehead atoms. The van der Waals surface area contributed by atoms with E-state index in [0.717, 1.165) is 18.4 Å². The zero-order chi connectivity index (χ0) is 16.1. The number of carbonyl (C=O) groups excluding carboxylic acids is 1. The highest BCUT2D eigenvalue weighted by molar-refractivity contribution is 9.11. The summed E-state index contributed by atoms with van der Waals surface area (Å²) in [5.41, 5.74) is 0.675. The molecule has 0 radical (unpaired) electrons. The molecule has 0 unspecified atom stereocenters. The lowest BCUT2D eigenvalue weighted by atomic mass is 10.3. The molecule has 1 heterocycles. The van der Waals surface area contributed by atoms with Gasteiger partial charge in [0.05, 0.1) is 18.6 Å². The molecule has 1 amide bonds. The molecule has 1 aromatic carbocycles. The van der Waals surface area contributed by atoms with Crippen molar-refractivity contribution in [2.45, 2.75) is 9.50 Å². The Morgan fingerprint density at radius 3 is 2.64 bits per heavy atom. The number of nitrogens with zero attached hydrogens (tertiary/aromatic N) is 2. The molecule has 2 aromatic rings. The molecule has 0 atom stereocenters. The van der Waals surface area contributed by atoms with E-state index in [9.17, 15) is 4.79 Å². The molecule has 0 aliphatic carbocycles. The minimum absolute atomic E-state index is 0.113. The number of benzene rings is 1. The number of hydrogen-bond donors (Lipinski definition) is 1. The summed E-state index contributed by atoms with van der Waals surface area (Å²) >= 11 is 11.0. The number of rotatable bonds is 6. The minimum Gasteiger partial charge on any atom is -0.497 e. The number of hydrogen-bond acceptors (Lipinski definition) is 7. The predicted octanol–water partition coefficient (Wildman–Crippen LogP) is 4.52. The van der Waals surface area contributed by atoms with Gasteiger partial charge in [0.15, 0.2) is 4.34 Å². The maximum Gasteiger partial charge on any atom is 0.234 e. The quantitative estimate of drug-likeness (QED) is 0.608. The van der Waals surface area contributed by atoms with Gasteiger partial charge in [-0.15, -0.1) is 0 Å². The van der Waals surface area contributed by atoms with Crippen molar-refractivity contribution in [2.24, 2.45) is 0 Å². The van der Waals surface area contributed by atoms with E-state index < -0.39 is 0 Å². The van der Waals surface area contributed by atoms with Crippen molar-refractivity contribution >= 4 is 78.5 Å². The van der Waals surface area contributed by atoms with Gasteiger partial charge in [0.25, 0.3) is 0 Å². The van der Waals surface area contributed by atoms with Gasteiger partial charge in [-0.1, -0.05) is 23.5 Å². The minimum atomic E-state index is -0.113. The monoisotopic (exact) mass is 483 g/mol. The van der Waals surface area contributed by atoms with Crippen LogP contribution in [0.4, 0.5) is 5.69 Å². The maximum atomic E-state index is 12.1. The van der Waals surface area contributed by atoms with E-state index in [1.807, 2.05) is 6.26 Å². The maximum absolute atomic E-state index is 12.1. The largest absolute Gasteiger partial charge is 0.497 e. The van der Waals surface area contributed by atoms with E-state index in [4.69, 9.17) is 4.74 Å². The first-order valence-corrected chi connectivity index (χ1v) is 10.4. The average Bonchev–Trinajstić information content (AvgIpc) is 2.96. The van der Waals surface area contributed by atoms with E-state index >= 15 is 0 Å². The summed E-state index contributed by atoms with van der Waals surface area (Å²) in [7, 11) is 1.59. The van der Waals surface area contributed by atoms with Crippen LogP contribution in [0.2, 0.25) is 0 Å². The number of anilines is 1. The van der Waals surface area contributed by atoms with Crippen molar-refractivity contribution in [1.29, 1.82) is 0 Å². The Bertz CT molecular complexity index is 658. The molecule has 5 nitrogen and oxygen atoms in total. The first kappa shape index (κ1) is 18.1. The van der Waals surface area contributed by atoms with Crippen LogP contribution >= 0.6 is 66.9 Å². The van der Waals surface area contributed by atoms with Gasteiger partial charge in [0, 0.05) is 8.95 Å². The summed E-state index contributed by atoms with van der Waals surface area (Å²) in [6, 6.07) is 3.59. The number of ether oxygens (including phenoxy) is 1. The summed E-state index contributed by atoms with van der Waals surface area (Å²) in [5, 5.41) is 3.59. The van der Waals surface area contributed by atoms with Crippen LogP contribution in [-0.2, 0) is 4.79 Å². The van der Waals surface area contributed by atoms with Crippen LogP contribution in [0.1, 0.15) is 0 Å². The highest BCUT2D eigenvalue weighted by Gasteiger charge is 2.13. The Balaban J connectivity index is 1.97. The Labute approximate surface area is 157 Å². The summed E-state index contributed by atoms with van der Waals surface area (Å²) in [6.45, 7) is 0. The molecule has 22 heavy (non-hydrogen) atoms. The molecule has 10 heteroatoms. The van der Waals surface area contributed by atoms with Gasteiger partial charge in [-0.3, -0.25) is 4.79 Å². The summed E-state index contributed by atoms with van der Waals surface area (Å²) in [6.07, 6.45) is 1.92. The van der Waals surface area contributed by atoms with Gasteiger partial charge >= 0.3 is 0 Å². The third-order valence-corrected chi connectivity index (χ3v) is 6.16. The van der Waals surface area contributed by atoms with Crippen molar-refractivity contribution in [3.63, 3.8) is 0 Å². The highest BCUT2D eigenvalue weighted by atomic mass is 79.9. The fourth-order valence-electron chi connectivity index (χ4n) is 1.43. The van der Waals surface area contributed by atoms with E-state index in [2.05, 4.69) is 46.5 Å². The lowest BCUT2D eigenvalue weighted by Crippen LogP contribution is -2.14. The van der Waals surface area contributed by atoms with Gasteiger partial charge in [-0.25, -0.2) is 4.98 Å². The standard InChI is InChI=1S/C12H11Br2N3O2S3/c1-19-6-3-7(13)10(8(14)4-6)15-9(18)5-21-12-16-11(20-2)17-22-12/h3-4H,5H2,1-2H3,(H,15,18). The molecular weight excluding hydrogens is 474 g/mol. The first-order chi connectivity index (χ1) is 10.5. The zero-order valence-electron chi connectivity index (χ0n) is 11.6. The highest BCUT2D eigenvalue weighted by Crippen LogP contribution is 2.35. The van der Waals surface area contributed by atoms with Crippen molar-refractivity contribution < 1.29 is 9.53 Å². The second-order valence-corrected chi connectivity index (χ2v) is 8.31. The number of aromatic nitrogens is 2. The summed E-state index contributed by atoms with van der Waals surface area (Å²) in [5.74, 6) is 0.857. The predicted molar refractivity (Wildman–Crippen MR) is 99.4 cm³/mol. The zero-order valence-corrected chi connectivity index (χ0v) is 17.2. The third-order valence-electron chi connectivity index (χ3n) is 2.41. The van der Waals surface area contributed by atoms with Crippen LogP contribution < -0.4 is 10.1 Å². The van der Waals surface area contributed by atoms with Crippen LogP contribution in [0, 0.1) is 0 Å². The van der Waals surface area contributed by atoms with Crippen molar-refractivity contribution in [1.82, 2.24) is 9.36 Å². The molecule has 0 saturated carbocycles. The van der Waals surface area contributed by atoms with Crippen molar-refractivity contribution in [3.8, 4) is 5.75 Å². The smallest absolute Gasteiger partial charge is 0.234 e. The molecule has 0 aliphatic rings. The lowest BCUT2D eigenvalue weighted by molar-refractivity contribution is -0.113. The van der Waals surface area contributed by atoms with Gasteiger partial charge < -0.3 is 10.1 Å². The molecule has 0 spiro atoms. The number of methoxy groups -OCH3 is 1. The molecule has 2 rings (SSSR count). The Morgan fingerprint density at radius 1 is 1.41 bits per heavy atom. The second kappa shape index (κ2) is 8.53. The van der Waals surface area contributed by atoms with Gasteiger partial charge in [0.2, 0.25) is 11.1 Å². The van der Waals surface area contributed by atoms with E-state index in [1.54, 1.807) is 19.2 Å². The molecule has 0 saturated heterocycles. The average molecular weight is 485 g/mol. The normalized spacial score (nSPS) is 10.5. The van der Waals surface area contributed by atoms with Crippen LogP contribution in [-0.4, -0.2) is 34.4 Å². The van der Waals surface area contributed by atoms with Crippen LogP contribution in [0.15, 0.2) is 30.6 Å². The number of nitrogens with one attached hydrogen (secondary N) is 1. The van der Waals surface area contributed by atoms with Crippen molar-refractivity contribution in [2.75, 3.05) is 24.4 Å². The van der Waals surface area contributed by atoms with Crippen molar-refractivity contribution in [3.05, 3.63) is 21.1 Å². The number of halogens is 2.